The lowest BCUT2D eigenvalue weighted by molar-refractivity contribution is -0.142. The van der Waals surface area contributed by atoms with Gasteiger partial charge >= 0.3 is 5.97 Å². The lowest BCUT2D eigenvalue weighted by atomic mass is 9.89. The number of carboxylic acid groups (broad SMARTS) is 1. The number of rotatable bonds is 3. The molecule has 2 heterocycles. The minimum atomic E-state index is -3.80. The van der Waals surface area contributed by atoms with E-state index in [1.54, 1.807) is 0 Å². The maximum absolute atomic E-state index is 13.7. The molecule has 7 heteroatoms. The van der Waals surface area contributed by atoms with Gasteiger partial charge in [0.2, 0.25) is 10.0 Å². The summed E-state index contributed by atoms with van der Waals surface area (Å²) < 4.78 is 40.8. The number of aryl methyl sites for hydroxylation is 2. The molecule has 0 aromatic heterocycles. The van der Waals surface area contributed by atoms with E-state index in [1.807, 2.05) is 0 Å². The Labute approximate surface area is 128 Å². The first-order valence-corrected chi connectivity index (χ1v) is 8.70. The van der Waals surface area contributed by atoms with E-state index in [4.69, 9.17) is 0 Å². The summed E-state index contributed by atoms with van der Waals surface area (Å²) in [5, 5.41) is 9.24. The van der Waals surface area contributed by atoms with Gasteiger partial charge in [-0.05, 0) is 56.4 Å². The van der Waals surface area contributed by atoms with E-state index < -0.39 is 33.8 Å². The van der Waals surface area contributed by atoms with E-state index >= 15 is 0 Å². The predicted molar refractivity (Wildman–Crippen MR) is 77.5 cm³/mol. The fraction of sp³-hybridized carbons (Fsp3) is 0.533. The highest BCUT2D eigenvalue weighted by Gasteiger charge is 2.54. The molecule has 5 nitrogen and oxygen atoms in total. The Kier molecular flexibility index (Phi) is 3.52. The molecule has 1 aromatic carbocycles. The highest BCUT2D eigenvalue weighted by atomic mass is 32.2. The van der Waals surface area contributed by atoms with Crippen molar-refractivity contribution in [3.8, 4) is 0 Å². The Morgan fingerprint density at radius 3 is 2.36 bits per heavy atom. The van der Waals surface area contributed by atoms with Crippen molar-refractivity contribution in [1.82, 2.24) is 4.31 Å². The lowest BCUT2D eigenvalue weighted by Crippen LogP contribution is -2.37. The van der Waals surface area contributed by atoms with E-state index in [0.29, 0.717) is 19.3 Å². The van der Waals surface area contributed by atoms with Crippen molar-refractivity contribution in [1.29, 1.82) is 0 Å². The van der Waals surface area contributed by atoms with Gasteiger partial charge in [-0.25, -0.2) is 12.8 Å². The summed E-state index contributed by atoms with van der Waals surface area (Å²) in [5.41, 5.74) is 0.555. The number of benzene rings is 1. The standard InChI is InChI=1S/C15H18FNO4S/c1-8-5-11(6-9(2)14(8)16)22(20,21)17-10-3-4-13(17)12(7-10)15(18)19/h5-6,10,12-13H,3-4,7H2,1-2H3,(H,18,19)/t10-,12+,13-/m0/s1. The first-order chi connectivity index (χ1) is 10.2. The zero-order valence-electron chi connectivity index (χ0n) is 12.4. The first kappa shape index (κ1) is 15.4. The summed E-state index contributed by atoms with van der Waals surface area (Å²) in [6.07, 6.45) is 1.62. The van der Waals surface area contributed by atoms with Crippen molar-refractivity contribution in [2.45, 2.75) is 50.1 Å². The molecule has 3 atom stereocenters. The van der Waals surface area contributed by atoms with Crippen LogP contribution in [0.5, 0.6) is 0 Å². The smallest absolute Gasteiger partial charge is 0.308 e. The van der Waals surface area contributed by atoms with Crippen molar-refractivity contribution >= 4 is 16.0 Å². The molecule has 2 saturated heterocycles. The minimum absolute atomic E-state index is 0.0480. The number of nitrogens with zero attached hydrogens (tertiary/aromatic N) is 1. The number of sulfonamides is 1. The highest BCUT2D eigenvalue weighted by Crippen LogP contribution is 2.45. The molecule has 2 fully saturated rings. The third kappa shape index (κ3) is 2.14. The van der Waals surface area contributed by atoms with Crippen molar-refractivity contribution in [2.24, 2.45) is 5.92 Å². The van der Waals surface area contributed by atoms with Crippen LogP contribution in [0.1, 0.15) is 30.4 Å². The number of hydrogen-bond donors (Lipinski definition) is 1. The Hall–Kier alpha value is -1.47. The molecule has 2 aliphatic rings. The summed E-state index contributed by atoms with van der Waals surface area (Å²) in [7, 11) is -3.80. The molecule has 0 aliphatic carbocycles. The highest BCUT2D eigenvalue weighted by molar-refractivity contribution is 7.89. The van der Waals surface area contributed by atoms with Crippen LogP contribution in [-0.2, 0) is 14.8 Å². The summed E-state index contributed by atoms with van der Waals surface area (Å²) in [4.78, 5) is 11.3. The quantitative estimate of drug-likeness (QED) is 0.922. The van der Waals surface area contributed by atoms with Gasteiger partial charge in [0.25, 0.3) is 0 Å². The Bertz CT molecular complexity index is 723. The molecule has 0 radical (unpaired) electrons. The number of aliphatic carboxylic acids is 1. The third-order valence-electron chi connectivity index (χ3n) is 4.78. The Balaban J connectivity index is 2.03. The molecule has 2 bridgehead atoms. The fourth-order valence-electron chi connectivity index (χ4n) is 3.76. The van der Waals surface area contributed by atoms with Crippen LogP contribution in [-0.4, -0.2) is 35.9 Å². The number of carbonyl (C=O) groups is 1. The number of fused-ring (bicyclic) bond motifs is 2. The van der Waals surface area contributed by atoms with Gasteiger partial charge in [-0.2, -0.15) is 4.31 Å². The van der Waals surface area contributed by atoms with Crippen LogP contribution in [0.15, 0.2) is 17.0 Å². The van der Waals surface area contributed by atoms with Gasteiger partial charge in [-0.15, -0.1) is 0 Å². The van der Waals surface area contributed by atoms with E-state index in [-0.39, 0.29) is 22.1 Å². The minimum Gasteiger partial charge on any atom is -0.481 e. The molecule has 3 rings (SSSR count). The third-order valence-corrected chi connectivity index (χ3v) is 6.73. The summed E-state index contributed by atoms with van der Waals surface area (Å²) >= 11 is 0. The molecular weight excluding hydrogens is 309 g/mol. The maximum atomic E-state index is 13.7. The van der Waals surface area contributed by atoms with Crippen molar-refractivity contribution in [3.63, 3.8) is 0 Å². The SMILES string of the molecule is Cc1cc(S(=O)(=O)N2[C@H]3CC[C@H]2[C@H](C(=O)O)C3)cc(C)c1F. The first-order valence-electron chi connectivity index (χ1n) is 7.26. The lowest BCUT2D eigenvalue weighted by Gasteiger charge is -2.23. The largest absolute Gasteiger partial charge is 0.481 e. The molecular formula is C15H18FNO4S. The second kappa shape index (κ2) is 5.03. The van der Waals surface area contributed by atoms with E-state index in [9.17, 15) is 22.7 Å². The monoisotopic (exact) mass is 327 g/mol. The van der Waals surface area contributed by atoms with Crippen LogP contribution >= 0.6 is 0 Å². The second-order valence-corrected chi connectivity index (χ2v) is 8.03. The molecule has 0 saturated carbocycles. The normalized spacial score (nSPS) is 28.2. The molecule has 0 spiro atoms. The van der Waals surface area contributed by atoms with Gasteiger partial charge in [0, 0.05) is 12.1 Å². The molecule has 1 N–H and O–H groups in total. The number of halogens is 1. The summed E-state index contributed by atoms with van der Waals surface area (Å²) in [6, 6.07) is 1.90. The second-order valence-electron chi connectivity index (χ2n) is 6.18. The van der Waals surface area contributed by atoms with Gasteiger partial charge in [0.1, 0.15) is 5.82 Å². The van der Waals surface area contributed by atoms with Crippen molar-refractivity contribution in [3.05, 3.63) is 29.1 Å². The zero-order valence-corrected chi connectivity index (χ0v) is 13.2. The van der Waals surface area contributed by atoms with Crippen LogP contribution in [0.2, 0.25) is 0 Å². The van der Waals surface area contributed by atoms with Gasteiger partial charge in [0.05, 0.1) is 10.8 Å². The zero-order chi connectivity index (χ0) is 16.2. The number of hydrogen-bond acceptors (Lipinski definition) is 3. The summed E-state index contributed by atoms with van der Waals surface area (Å²) in [5.74, 6) is -2.00. The van der Waals surface area contributed by atoms with Crippen LogP contribution in [0.25, 0.3) is 0 Å². The fourth-order valence-corrected chi connectivity index (χ4v) is 5.84. The van der Waals surface area contributed by atoms with Gasteiger partial charge < -0.3 is 5.11 Å². The molecule has 0 unspecified atom stereocenters. The Morgan fingerprint density at radius 1 is 1.27 bits per heavy atom. The molecule has 120 valence electrons. The van der Waals surface area contributed by atoms with Gasteiger partial charge in [0.15, 0.2) is 0 Å². The van der Waals surface area contributed by atoms with Crippen molar-refractivity contribution in [2.75, 3.05) is 0 Å². The predicted octanol–water partition coefficient (Wildman–Crippen LogP) is 2.07. The molecule has 2 aliphatic heterocycles. The van der Waals surface area contributed by atoms with Crippen LogP contribution in [0, 0.1) is 25.6 Å². The average Bonchev–Trinajstić information content (AvgIpc) is 3.02. The van der Waals surface area contributed by atoms with Gasteiger partial charge in [-0.1, -0.05) is 0 Å². The van der Waals surface area contributed by atoms with Crippen molar-refractivity contribution < 1.29 is 22.7 Å². The van der Waals surface area contributed by atoms with E-state index in [1.165, 1.54) is 30.3 Å². The van der Waals surface area contributed by atoms with Gasteiger partial charge in [-0.3, -0.25) is 4.79 Å². The molecule has 1 aromatic rings. The van der Waals surface area contributed by atoms with Crippen LogP contribution < -0.4 is 0 Å². The topological polar surface area (TPSA) is 74.7 Å². The van der Waals surface area contributed by atoms with E-state index in [2.05, 4.69) is 0 Å². The maximum Gasteiger partial charge on any atom is 0.308 e. The molecule has 0 amide bonds. The number of carboxylic acids is 1. The molecule has 22 heavy (non-hydrogen) atoms. The van der Waals surface area contributed by atoms with Crippen LogP contribution in [0.4, 0.5) is 4.39 Å². The van der Waals surface area contributed by atoms with Crippen LogP contribution in [0.3, 0.4) is 0 Å². The summed E-state index contributed by atoms with van der Waals surface area (Å²) in [6.45, 7) is 3.06. The average molecular weight is 327 g/mol. The Morgan fingerprint density at radius 2 is 1.86 bits per heavy atom. The van der Waals surface area contributed by atoms with E-state index in [0.717, 1.165) is 0 Å².